The van der Waals surface area contributed by atoms with Crippen molar-refractivity contribution in [2.45, 2.75) is 4.90 Å². The molecule has 1 unspecified atom stereocenters. The summed E-state index contributed by atoms with van der Waals surface area (Å²) in [5.41, 5.74) is 8.26. The van der Waals surface area contributed by atoms with Crippen LogP contribution in [0.25, 0.3) is 11.1 Å². The standard InChI is InChI=1S/C18H15NO3S/c19-15-5-9-17(10-6-15)22-16-7-1-13(2-8-16)14-3-11-18(12-4-14)23(20)21/h1-12H,19H2,(H,20,21)/p-1. The van der Waals surface area contributed by atoms with Crippen LogP contribution in [0.1, 0.15) is 0 Å². The van der Waals surface area contributed by atoms with E-state index in [9.17, 15) is 8.76 Å². The van der Waals surface area contributed by atoms with E-state index in [1.807, 2.05) is 36.4 Å². The van der Waals surface area contributed by atoms with Crippen molar-refractivity contribution in [2.75, 3.05) is 5.73 Å². The van der Waals surface area contributed by atoms with Gasteiger partial charge in [-0.15, -0.1) is 0 Å². The fraction of sp³-hybridized carbons (Fsp3) is 0. The maximum atomic E-state index is 10.9. The van der Waals surface area contributed by atoms with Crippen LogP contribution in [0, 0.1) is 0 Å². The highest BCUT2D eigenvalue weighted by atomic mass is 32.2. The Kier molecular flexibility index (Phi) is 4.41. The molecule has 0 aliphatic heterocycles. The van der Waals surface area contributed by atoms with Crippen molar-refractivity contribution in [3.05, 3.63) is 72.8 Å². The first kappa shape index (κ1) is 15.3. The van der Waals surface area contributed by atoms with Gasteiger partial charge in [-0.1, -0.05) is 24.3 Å². The second-order valence-corrected chi connectivity index (χ2v) is 5.90. The molecule has 0 heterocycles. The molecule has 0 fully saturated rings. The first-order valence-electron chi connectivity index (χ1n) is 6.95. The summed E-state index contributed by atoms with van der Waals surface area (Å²) in [6.45, 7) is 0. The fourth-order valence-electron chi connectivity index (χ4n) is 2.15. The third kappa shape index (κ3) is 3.77. The van der Waals surface area contributed by atoms with Gasteiger partial charge in [-0.05, 0) is 70.7 Å². The summed E-state index contributed by atoms with van der Waals surface area (Å²) in [6, 6.07) is 21.5. The summed E-state index contributed by atoms with van der Waals surface area (Å²) in [6.07, 6.45) is 0. The number of hydrogen-bond acceptors (Lipinski definition) is 4. The maximum Gasteiger partial charge on any atom is 0.127 e. The number of nitrogen functional groups attached to an aromatic ring is 1. The molecule has 3 aromatic rings. The molecular formula is C18H14NO3S-. The SMILES string of the molecule is Nc1ccc(Oc2ccc(-c3ccc(S(=O)[O-])cc3)cc2)cc1. The normalized spacial score (nSPS) is 11.9. The van der Waals surface area contributed by atoms with Gasteiger partial charge in [0, 0.05) is 10.6 Å². The molecule has 3 aromatic carbocycles. The smallest absolute Gasteiger partial charge is 0.127 e. The highest BCUT2D eigenvalue weighted by Gasteiger charge is 2.01. The van der Waals surface area contributed by atoms with Gasteiger partial charge in [-0.25, -0.2) is 0 Å². The fourth-order valence-corrected chi connectivity index (χ4v) is 2.50. The molecule has 0 radical (unpaired) electrons. The van der Waals surface area contributed by atoms with Crippen LogP contribution in [-0.4, -0.2) is 8.76 Å². The highest BCUT2D eigenvalue weighted by molar-refractivity contribution is 7.79. The van der Waals surface area contributed by atoms with E-state index >= 15 is 0 Å². The van der Waals surface area contributed by atoms with Gasteiger partial charge in [0.25, 0.3) is 0 Å². The maximum absolute atomic E-state index is 10.9. The minimum Gasteiger partial charge on any atom is -0.768 e. The van der Waals surface area contributed by atoms with E-state index in [0.717, 1.165) is 16.9 Å². The van der Waals surface area contributed by atoms with E-state index in [-0.39, 0.29) is 4.90 Å². The third-order valence-corrected chi connectivity index (χ3v) is 4.01. The van der Waals surface area contributed by atoms with Crippen molar-refractivity contribution in [3.8, 4) is 22.6 Å². The zero-order valence-electron chi connectivity index (χ0n) is 12.1. The first-order valence-corrected chi connectivity index (χ1v) is 8.02. The van der Waals surface area contributed by atoms with Crippen LogP contribution in [-0.2, 0) is 11.1 Å². The van der Waals surface area contributed by atoms with Crippen LogP contribution in [0.5, 0.6) is 11.5 Å². The predicted molar refractivity (Wildman–Crippen MR) is 90.0 cm³/mol. The number of hydrogen-bond donors (Lipinski definition) is 1. The van der Waals surface area contributed by atoms with Gasteiger partial charge < -0.3 is 15.0 Å². The molecule has 1 atom stereocenters. The summed E-state index contributed by atoms with van der Waals surface area (Å²) in [5, 5.41) is 0. The summed E-state index contributed by atoms with van der Waals surface area (Å²) < 4.78 is 27.5. The molecule has 116 valence electrons. The molecule has 0 spiro atoms. The van der Waals surface area contributed by atoms with E-state index in [1.165, 1.54) is 0 Å². The van der Waals surface area contributed by atoms with E-state index in [2.05, 4.69) is 0 Å². The van der Waals surface area contributed by atoms with Crippen molar-refractivity contribution in [1.82, 2.24) is 0 Å². The Morgan fingerprint density at radius 2 is 1.17 bits per heavy atom. The molecule has 0 saturated carbocycles. The van der Waals surface area contributed by atoms with Gasteiger partial charge in [-0.3, -0.25) is 4.21 Å². The van der Waals surface area contributed by atoms with Crippen molar-refractivity contribution in [1.29, 1.82) is 0 Å². The average molecular weight is 324 g/mol. The van der Waals surface area contributed by atoms with Crippen LogP contribution < -0.4 is 10.5 Å². The van der Waals surface area contributed by atoms with Gasteiger partial charge >= 0.3 is 0 Å². The molecule has 0 aliphatic rings. The largest absolute Gasteiger partial charge is 0.768 e. The minimum absolute atomic E-state index is 0.275. The Morgan fingerprint density at radius 1 is 0.739 bits per heavy atom. The summed E-state index contributed by atoms with van der Waals surface area (Å²) in [5.74, 6) is 1.44. The number of ether oxygens (including phenoxy) is 1. The molecule has 0 bridgehead atoms. The van der Waals surface area contributed by atoms with Gasteiger partial charge in [0.2, 0.25) is 0 Å². The van der Waals surface area contributed by atoms with Crippen LogP contribution in [0.3, 0.4) is 0 Å². The van der Waals surface area contributed by atoms with Gasteiger partial charge in [-0.2, -0.15) is 0 Å². The second kappa shape index (κ2) is 6.64. The summed E-state index contributed by atoms with van der Waals surface area (Å²) >= 11 is -2.20. The van der Waals surface area contributed by atoms with Gasteiger partial charge in [0.05, 0.1) is 0 Å². The first-order chi connectivity index (χ1) is 11.1. The van der Waals surface area contributed by atoms with Crippen LogP contribution >= 0.6 is 0 Å². The Balaban J connectivity index is 1.76. The lowest BCUT2D eigenvalue weighted by molar-refractivity contribution is 0.483. The third-order valence-electron chi connectivity index (χ3n) is 3.35. The number of rotatable bonds is 4. The zero-order chi connectivity index (χ0) is 16.2. The lowest BCUT2D eigenvalue weighted by atomic mass is 10.1. The molecule has 23 heavy (non-hydrogen) atoms. The zero-order valence-corrected chi connectivity index (χ0v) is 13.0. The van der Waals surface area contributed by atoms with Crippen molar-refractivity contribution in [2.24, 2.45) is 0 Å². The quantitative estimate of drug-likeness (QED) is 0.582. The average Bonchev–Trinajstić information content (AvgIpc) is 2.58. The Bertz CT molecular complexity index is 812. The number of benzene rings is 3. The number of nitrogens with two attached hydrogens (primary N) is 1. The molecule has 0 saturated heterocycles. The Morgan fingerprint density at radius 3 is 1.65 bits per heavy atom. The van der Waals surface area contributed by atoms with Crippen molar-refractivity contribution in [3.63, 3.8) is 0 Å². The molecule has 4 nitrogen and oxygen atoms in total. The Hall–Kier alpha value is -2.63. The molecule has 3 rings (SSSR count). The van der Waals surface area contributed by atoms with Crippen LogP contribution in [0.4, 0.5) is 5.69 Å². The molecular weight excluding hydrogens is 310 g/mol. The molecule has 0 aromatic heterocycles. The second-order valence-electron chi connectivity index (χ2n) is 4.95. The van der Waals surface area contributed by atoms with Crippen molar-refractivity contribution < 1.29 is 13.5 Å². The number of anilines is 1. The van der Waals surface area contributed by atoms with Gasteiger partial charge in [0.15, 0.2) is 0 Å². The van der Waals surface area contributed by atoms with E-state index in [4.69, 9.17) is 10.5 Å². The van der Waals surface area contributed by atoms with E-state index in [0.29, 0.717) is 11.4 Å². The highest BCUT2D eigenvalue weighted by Crippen LogP contribution is 2.26. The van der Waals surface area contributed by atoms with Crippen LogP contribution in [0.15, 0.2) is 77.7 Å². The molecule has 2 N–H and O–H groups in total. The van der Waals surface area contributed by atoms with Crippen molar-refractivity contribution >= 4 is 16.8 Å². The summed E-state index contributed by atoms with van der Waals surface area (Å²) in [7, 11) is 0. The molecule has 5 heteroatoms. The minimum atomic E-state index is -2.20. The monoisotopic (exact) mass is 324 g/mol. The lowest BCUT2D eigenvalue weighted by Crippen LogP contribution is -1.88. The topological polar surface area (TPSA) is 75.4 Å². The van der Waals surface area contributed by atoms with Gasteiger partial charge in [0.1, 0.15) is 11.5 Å². The predicted octanol–water partition coefficient (Wildman–Crippen LogP) is 3.97. The van der Waals surface area contributed by atoms with E-state index in [1.54, 1.807) is 36.4 Å². The molecule has 0 aliphatic carbocycles. The van der Waals surface area contributed by atoms with Crippen LogP contribution in [0.2, 0.25) is 0 Å². The van der Waals surface area contributed by atoms with E-state index < -0.39 is 11.1 Å². The lowest BCUT2D eigenvalue weighted by Gasteiger charge is -2.09. The molecule has 0 amide bonds. The summed E-state index contributed by atoms with van der Waals surface area (Å²) in [4.78, 5) is 0.275. The Labute approximate surface area is 136 Å².